The number of sulfone groups is 1. The number of rotatable bonds is 8. The monoisotopic (exact) mass is 508 g/mol. The van der Waals surface area contributed by atoms with E-state index in [1.165, 1.54) is 5.56 Å². The zero-order valence-corrected chi connectivity index (χ0v) is 19.7. The third kappa shape index (κ3) is 8.78. The fourth-order valence-corrected chi connectivity index (χ4v) is 5.00. The van der Waals surface area contributed by atoms with Crippen LogP contribution in [0.15, 0.2) is 35.3 Å². The minimum absolute atomic E-state index is 0. The SMILES string of the molecule is CN=C(NCCC(C)N(C)Cc1ccccc1)NCC1CCS(=O)(=O)C1.I. The summed E-state index contributed by atoms with van der Waals surface area (Å²) in [5.74, 6) is 1.54. The summed E-state index contributed by atoms with van der Waals surface area (Å²) in [6, 6.07) is 10.9. The van der Waals surface area contributed by atoms with E-state index >= 15 is 0 Å². The van der Waals surface area contributed by atoms with E-state index in [1.54, 1.807) is 7.05 Å². The molecule has 1 aliphatic rings. The van der Waals surface area contributed by atoms with Crippen molar-refractivity contribution in [1.82, 2.24) is 15.5 Å². The van der Waals surface area contributed by atoms with Crippen LogP contribution >= 0.6 is 24.0 Å². The molecule has 0 bridgehead atoms. The Morgan fingerprint density at radius 1 is 1.30 bits per heavy atom. The molecule has 154 valence electrons. The molecule has 1 aromatic rings. The molecule has 0 amide bonds. The molecule has 0 saturated carbocycles. The first kappa shape index (κ1) is 24.2. The number of halogens is 1. The molecular formula is C19H33IN4O2S. The zero-order valence-electron chi connectivity index (χ0n) is 16.5. The van der Waals surface area contributed by atoms with Gasteiger partial charge in [-0.25, -0.2) is 8.42 Å². The first-order valence-electron chi connectivity index (χ1n) is 9.28. The van der Waals surface area contributed by atoms with E-state index in [9.17, 15) is 8.42 Å². The van der Waals surface area contributed by atoms with Crippen LogP contribution in [-0.2, 0) is 16.4 Å². The topological polar surface area (TPSA) is 73.8 Å². The molecule has 0 radical (unpaired) electrons. The van der Waals surface area contributed by atoms with Crippen molar-refractivity contribution in [1.29, 1.82) is 0 Å². The number of guanidine groups is 1. The quantitative estimate of drug-likeness (QED) is 0.320. The number of hydrogen-bond donors (Lipinski definition) is 2. The third-order valence-electron chi connectivity index (χ3n) is 4.99. The molecule has 1 heterocycles. The lowest BCUT2D eigenvalue weighted by atomic mass is 10.1. The van der Waals surface area contributed by atoms with Crippen LogP contribution in [0, 0.1) is 5.92 Å². The van der Waals surface area contributed by atoms with Crippen molar-refractivity contribution in [3.63, 3.8) is 0 Å². The van der Waals surface area contributed by atoms with Crippen LogP contribution in [0.1, 0.15) is 25.3 Å². The first-order valence-corrected chi connectivity index (χ1v) is 11.1. The summed E-state index contributed by atoms with van der Waals surface area (Å²) in [6.45, 7) is 4.64. The van der Waals surface area contributed by atoms with Crippen molar-refractivity contribution in [2.75, 3.05) is 38.7 Å². The average molecular weight is 508 g/mol. The van der Waals surface area contributed by atoms with Crippen LogP contribution in [0.5, 0.6) is 0 Å². The maximum Gasteiger partial charge on any atom is 0.190 e. The number of nitrogens with one attached hydrogen (secondary N) is 2. The summed E-state index contributed by atoms with van der Waals surface area (Å²) < 4.78 is 23.0. The van der Waals surface area contributed by atoms with E-state index in [2.05, 4.69) is 58.8 Å². The highest BCUT2D eigenvalue weighted by molar-refractivity contribution is 14.0. The summed E-state index contributed by atoms with van der Waals surface area (Å²) in [5.41, 5.74) is 1.32. The molecule has 0 spiro atoms. The molecule has 1 aromatic carbocycles. The van der Waals surface area contributed by atoms with Gasteiger partial charge in [0.1, 0.15) is 0 Å². The second kappa shape index (κ2) is 11.9. The summed E-state index contributed by atoms with van der Waals surface area (Å²) >= 11 is 0. The third-order valence-corrected chi connectivity index (χ3v) is 6.83. The smallest absolute Gasteiger partial charge is 0.190 e. The van der Waals surface area contributed by atoms with Gasteiger partial charge in [-0.1, -0.05) is 30.3 Å². The molecule has 2 atom stereocenters. The van der Waals surface area contributed by atoms with Gasteiger partial charge in [-0.3, -0.25) is 9.89 Å². The first-order chi connectivity index (χ1) is 12.4. The highest BCUT2D eigenvalue weighted by atomic mass is 127. The van der Waals surface area contributed by atoms with Crippen molar-refractivity contribution in [2.24, 2.45) is 10.9 Å². The van der Waals surface area contributed by atoms with Crippen LogP contribution in [-0.4, -0.2) is 64.0 Å². The van der Waals surface area contributed by atoms with Gasteiger partial charge in [-0.15, -0.1) is 24.0 Å². The lowest BCUT2D eigenvalue weighted by Crippen LogP contribution is -2.42. The van der Waals surface area contributed by atoms with Crippen LogP contribution in [0.25, 0.3) is 0 Å². The molecule has 2 rings (SSSR count). The van der Waals surface area contributed by atoms with E-state index in [0.29, 0.717) is 18.3 Å². The fraction of sp³-hybridized carbons (Fsp3) is 0.632. The van der Waals surface area contributed by atoms with Gasteiger partial charge in [-0.2, -0.15) is 0 Å². The normalized spacial score (nSPS) is 20.1. The summed E-state index contributed by atoms with van der Waals surface area (Å²) in [5, 5.41) is 6.58. The van der Waals surface area contributed by atoms with Crippen LogP contribution in [0.4, 0.5) is 0 Å². The number of benzene rings is 1. The standard InChI is InChI=1S/C19H32N4O2S.HI/c1-16(23(3)14-17-7-5-4-6-8-17)9-11-21-19(20-2)22-13-18-10-12-26(24,25)15-18;/h4-8,16,18H,9-15H2,1-3H3,(H2,20,21,22);1H. The molecule has 0 aromatic heterocycles. The highest BCUT2D eigenvalue weighted by Crippen LogP contribution is 2.17. The minimum Gasteiger partial charge on any atom is -0.356 e. The fourth-order valence-electron chi connectivity index (χ4n) is 3.14. The summed E-state index contributed by atoms with van der Waals surface area (Å²) in [4.78, 5) is 6.57. The van der Waals surface area contributed by atoms with Gasteiger partial charge >= 0.3 is 0 Å². The molecular weight excluding hydrogens is 475 g/mol. The zero-order chi connectivity index (χ0) is 19.0. The van der Waals surface area contributed by atoms with E-state index in [-0.39, 0.29) is 35.6 Å². The van der Waals surface area contributed by atoms with E-state index in [4.69, 9.17) is 0 Å². The Bertz CT molecular complexity index is 682. The van der Waals surface area contributed by atoms with Crippen LogP contribution in [0.3, 0.4) is 0 Å². The van der Waals surface area contributed by atoms with E-state index in [0.717, 1.165) is 31.9 Å². The molecule has 0 aliphatic carbocycles. The second-order valence-electron chi connectivity index (χ2n) is 7.19. The van der Waals surface area contributed by atoms with Crippen molar-refractivity contribution < 1.29 is 8.42 Å². The maximum absolute atomic E-state index is 11.5. The van der Waals surface area contributed by atoms with Crippen molar-refractivity contribution in [3.05, 3.63) is 35.9 Å². The van der Waals surface area contributed by atoms with Crippen LogP contribution < -0.4 is 10.6 Å². The average Bonchev–Trinajstić information content (AvgIpc) is 2.97. The molecule has 2 N–H and O–H groups in total. The van der Waals surface area contributed by atoms with Crippen molar-refractivity contribution in [3.8, 4) is 0 Å². The predicted octanol–water partition coefficient (Wildman–Crippen LogP) is 2.11. The largest absolute Gasteiger partial charge is 0.356 e. The Balaban J connectivity index is 0.00000364. The van der Waals surface area contributed by atoms with Gasteiger partial charge in [0, 0.05) is 32.7 Å². The number of hydrogen-bond acceptors (Lipinski definition) is 4. The molecule has 27 heavy (non-hydrogen) atoms. The molecule has 8 heteroatoms. The second-order valence-corrected chi connectivity index (χ2v) is 9.42. The lowest BCUT2D eigenvalue weighted by Gasteiger charge is -2.25. The van der Waals surface area contributed by atoms with Gasteiger partial charge in [0.05, 0.1) is 11.5 Å². The Morgan fingerprint density at radius 3 is 2.59 bits per heavy atom. The predicted molar refractivity (Wildman–Crippen MR) is 124 cm³/mol. The maximum atomic E-state index is 11.5. The minimum atomic E-state index is -2.82. The summed E-state index contributed by atoms with van der Waals surface area (Å²) in [6.07, 6.45) is 1.75. The number of aliphatic imine (C=N–C) groups is 1. The molecule has 1 fully saturated rings. The van der Waals surface area contributed by atoms with Gasteiger partial charge in [0.2, 0.25) is 0 Å². The van der Waals surface area contributed by atoms with Gasteiger partial charge in [0.25, 0.3) is 0 Å². The Morgan fingerprint density at radius 2 is 2.00 bits per heavy atom. The van der Waals surface area contributed by atoms with Crippen molar-refractivity contribution in [2.45, 2.75) is 32.4 Å². The Kier molecular flexibility index (Phi) is 10.6. The van der Waals surface area contributed by atoms with Gasteiger partial charge in [0.15, 0.2) is 15.8 Å². The highest BCUT2D eigenvalue weighted by Gasteiger charge is 2.27. The van der Waals surface area contributed by atoms with E-state index < -0.39 is 9.84 Å². The molecule has 1 aliphatic heterocycles. The molecule has 2 unspecified atom stereocenters. The Hall–Kier alpha value is -0.870. The molecule has 6 nitrogen and oxygen atoms in total. The Labute approximate surface area is 181 Å². The van der Waals surface area contributed by atoms with E-state index in [1.807, 2.05) is 6.07 Å². The number of nitrogens with zero attached hydrogens (tertiary/aromatic N) is 2. The lowest BCUT2D eigenvalue weighted by molar-refractivity contribution is 0.238. The van der Waals surface area contributed by atoms with Gasteiger partial charge < -0.3 is 10.6 Å². The van der Waals surface area contributed by atoms with Crippen molar-refractivity contribution >= 4 is 39.8 Å². The van der Waals surface area contributed by atoms with Gasteiger partial charge in [-0.05, 0) is 38.3 Å². The van der Waals surface area contributed by atoms with Crippen LogP contribution in [0.2, 0.25) is 0 Å². The summed E-state index contributed by atoms with van der Waals surface area (Å²) in [7, 11) is 1.07. The molecule has 1 saturated heterocycles.